The maximum Gasteiger partial charge on any atom is 0.276 e. The number of rotatable bonds is 2. The highest BCUT2D eigenvalue weighted by molar-refractivity contribution is 5.92. The molecule has 3 aromatic rings. The van der Waals surface area contributed by atoms with E-state index in [4.69, 9.17) is 0 Å². The molecule has 0 spiro atoms. The molecule has 0 aliphatic carbocycles. The summed E-state index contributed by atoms with van der Waals surface area (Å²) in [6, 6.07) is 12.4. The Morgan fingerprint density at radius 3 is 2.73 bits per heavy atom. The van der Waals surface area contributed by atoms with Gasteiger partial charge in [-0.25, -0.2) is 9.07 Å². The van der Waals surface area contributed by atoms with E-state index >= 15 is 0 Å². The van der Waals surface area contributed by atoms with E-state index in [1.807, 2.05) is 38.1 Å². The number of fused-ring (bicyclic) bond motifs is 1. The molecule has 1 aliphatic rings. The van der Waals surface area contributed by atoms with Gasteiger partial charge in [0.15, 0.2) is 5.69 Å². The Labute approximate surface area is 151 Å². The van der Waals surface area contributed by atoms with Gasteiger partial charge in [0.1, 0.15) is 5.82 Å². The number of hydrogen-bond donors (Lipinski definition) is 0. The van der Waals surface area contributed by atoms with Crippen LogP contribution < -0.4 is 0 Å². The van der Waals surface area contributed by atoms with E-state index in [0.717, 1.165) is 22.4 Å². The number of aromatic nitrogens is 3. The molecule has 4 rings (SSSR count). The van der Waals surface area contributed by atoms with E-state index in [2.05, 4.69) is 10.3 Å². The summed E-state index contributed by atoms with van der Waals surface area (Å²) in [7, 11) is 0. The molecule has 1 aromatic heterocycles. The maximum atomic E-state index is 13.6. The first-order chi connectivity index (χ1) is 12.5. The first-order valence-electron chi connectivity index (χ1n) is 8.61. The quantitative estimate of drug-likeness (QED) is 0.711. The molecule has 1 amide bonds. The minimum Gasteiger partial charge on any atom is -0.330 e. The van der Waals surface area contributed by atoms with E-state index < -0.39 is 0 Å². The van der Waals surface area contributed by atoms with Crippen LogP contribution in [0, 0.1) is 12.7 Å². The number of carbonyl (C=O) groups is 1. The second-order valence-electron chi connectivity index (χ2n) is 6.65. The van der Waals surface area contributed by atoms with Crippen molar-refractivity contribution in [3.05, 3.63) is 76.9 Å². The molecule has 0 radical (unpaired) electrons. The molecule has 5 nitrogen and oxygen atoms in total. The third-order valence-corrected chi connectivity index (χ3v) is 4.92. The largest absolute Gasteiger partial charge is 0.330 e. The van der Waals surface area contributed by atoms with Gasteiger partial charge in [-0.1, -0.05) is 29.0 Å². The predicted octanol–water partition coefficient (Wildman–Crippen LogP) is 3.47. The van der Waals surface area contributed by atoms with Gasteiger partial charge >= 0.3 is 0 Å². The lowest BCUT2D eigenvalue weighted by Gasteiger charge is -2.34. The minimum atomic E-state index is -0.282. The molecule has 0 N–H and O–H groups in total. The summed E-state index contributed by atoms with van der Waals surface area (Å²) in [6.07, 6.45) is 2.35. The Balaban J connectivity index is 1.59. The number of hydrogen-bond acceptors (Lipinski definition) is 3. The average Bonchev–Trinajstić information content (AvgIpc) is 3.13. The highest BCUT2D eigenvalue weighted by Crippen LogP contribution is 2.30. The summed E-state index contributed by atoms with van der Waals surface area (Å²) in [5.74, 6) is -0.471. The molecule has 0 fully saturated rings. The van der Waals surface area contributed by atoms with Gasteiger partial charge in [-0.05, 0) is 55.7 Å². The summed E-state index contributed by atoms with van der Waals surface area (Å²) < 4.78 is 15.2. The normalized spacial score (nSPS) is 16.4. The molecule has 1 unspecified atom stereocenters. The van der Waals surface area contributed by atoms with Crippen molar-refractivity contribution in [1.82, 2.24) is 19.9 Å². The first kappa shape index (κ1) is 16.4. The standard InChI is InChI=1S/C20H19FN4O/c1-13-3-7-17(8-4-13)25-12-19(22-23-25)20(26)24-10-9-15-5-6-16(21)11-18(15)14(24)2/h3-8,11-12,14H,9-10H2,1-2H3. The Morgan fingerprint density at radius 1 is 1.19 bits per heavy atom. The smallest absolute Gasteiger partial charge is 0.276 e. The van der Waals surface area contributed by atoms with Crippen LogP contribution in [0.5, 0.6) is 0 Å². The van der Waals surface area contributed by atoms with Crippen molar-refractivity contribution >= 4 is 5.91 Å². The van der Waals surface area contributed by atoms with E-state index in [1.165, 1.54) is 12.1 Å². The highest BCUT2D eigenvalue weighted by Gasteiger charge is 2.30. The molecule has 0 saturated carbocycles. The van der Waals surface area contributed by atoms with Crippen LogP contribution in [-0.2, 0) is 6.42 Å². The topological polar surface area (TPSA) is 51.0 Å². The lowest BCUT2D eigenvalue weighted by atomic mass is 9.93. The Morgan fingerprint density at radius 2 is 1.96 bits per heavy atom. The lowest BCUT2D eigenvalue weighted by molar-refractivity contribution is 0.0671. The van der Waals surface area contributed by atoms with Crippen LogP contribution >= 0.6 is 0 Å². The number of halogens is 1. The van der Waals surface area contributed by atoms with Gasteiger partial charge in [0.25, 0.3) is 5.91 Å². The third-order valence-electron chi connectivity index (χ3n) is 4.92. The van der Waals surface area contributed by atoms with E-state index in [9.17, 15) is 9.18 Å². The fourth-order valence-corrected chi connectivity index (χ4v) is 3.39. The zero-order chi connectivity index (χ0) is 18.3. The van der Waals surface area contributed by atoms with E-state index in [0.29, 0.717) is 13.0 Å². The summed E-state index contributed by atoms with van der Waals surface area (Å²) >= 11 is 0. The van der Waals surface area contributed by atoms with Gasteiger partial charge in [-0.2, -0.15) is 0 Å². The molecule has 2 aromatic carbocycles. The van der Waals surface area contributed by atoms with Crippen LogP contribution in [0.1, 0.15) is 40.1 Å². The van der Waals surface area contributed by atoms with Gasteiger partial charge in [0.2, 0.25) is 0 Å². The molecular weight excluding hydrogens is 331 g/mol. The maximum absolute atomic E-state index is 13.6. The van der Waals surface area contributed by atoms with Crippen molar-refractivity contribution in [3.8, 4) is 5.69 Å². The van der Waals surface area contributed by atoms with Crippen LogP contribution in [-0.4, -0.2) is 32.3 Å². The fraction of sp³-hybridized carbons (Fsp3) is 0.250. The number of aryl methyl sites for hydroxylation is 1. The second kappa shape index (κ2) is 6.37. The predicted molar refractivity (Wildman–Crippen MR) is 95.7 cm³/mol. The molecule has 6 heteroatoms. The third kappa shape index (κ3) is 2.87. The number of amides is 1. The summed E-state index contributed by atoms with van der Waals surface area (Å²) in [5.41, 5.74) is 4.23. The monoisotopic (exact) mass is 350 g/mol. The van der Waals surface area contributed by atoms with E-state index in [-0.39, 0.29) is 23.5 Å². The van der Waals surface area contributed by atoms with Gasteiger partial charge in [-0.15, -0.1) is 5.10 Å². The van der Waals surface area contributed by atoms with Crippen molar-refractivity contribution in [2.75, 3.05) is 6.54 Å². The lowest BCUT2D eigenvalue weighted by Crippen LogP contribution is -2.39. The summed E-state index contributed by atoms with van der Waals surface area (Å²) in [4.78, 5) is 14.6. The first-order valence-corrected chi connectivity index (χ1v) is 8.61. The van der Waals surface area contributed by atoms with Crippen LogP contribution in [0.4, 0.5) is 4.39 Å². The molecule has 0 bridgehead atoms. The van der Waals surface area contributed by atoms with Gasteiger partial charge in [0.05, 0.1) is 17.9 Å². The molecule has 26 heavy (non-hydrogen) atoms. The van der Waals surface area contributed by atoms with Crippen LogP contribution in [0.3, 0.4) is 0 Å². The van der Waals surface area contributed by atoms with Crippen LogP contribution in [0.15, 0.2) is 48.7 Å². The van der Waals surface area contributed by atoms with Crippen molar-refractivity contribution in [2.24, 2.45) is 0 Å². The van der Waals surface area contributed by atoms with Crippen molar-refractivity contribution < 1.29 is 9.18 Å². The van der Waals surface area contributed by atoms with Gasteiger partial charge in [0, 0.05) is 6.54 Å². The van der Waals surface area contributed by atoms with Crippen LogP contribution in [0.2, 0.25) is 0 Å². The summed E-state index contributed by atoms with van der Waals surface area (Å²) in [6.45, 7) is 4.51. The Bertz CT molecular complexity index is 964. The molecule has 0 saturated heterocycles. The fourth-order valence-electron chi connectivity index (χ4n) is 3.39. The van der Waals surface area contributed by atoms with Crippen molar-refractivity contribution in [1.29, 1.82) is 0 Å². The zero-order valence-electron chi connectivity index (χ0n) is 14.7. The minimum absolute atomic E-state index is 0.189. The average molecular weight is 350 g/mol. The highest BCUT2D eigenvalue weighted by atomic mass is 19.1. The second-order valence-corrected chi connectivity index (χ2v) is 6.65. The Kier molecular flexibility index (Phi) is 4.03. The van der Waals surface area contributed by atoms with E-state index in [1.54, 1.807) is 21.8 Å². The molecule has 1 aliphatic heterocycles. The molecule has 1 atom stereocenters. The molecular formula is C20H19FN4O. The van der Waals surface area contributed by atoms with Crippen molar-refractivity contribution in [2.45, 2.75) is 26.3 Å². The SMILES string of the molecule is Cc1ccc(-n2cc(C(=O)N3CCc4ccc(F)cc4C3C)nn2)cc1. The Hall–Kier alpha value is -3.02. The number of nitrogens with zero attached hydrogens (tertiary/aromatic N) is 4. The number of carbonyl (C=O) groups excluding carboxylic acids is 1. The van der Waals surface area contributed by atoms with Gasteiger partial charge < -0.3 is 4.90 Å². The summed E-state index contributed by atoms with van der Waals surface area (Å²) in [5, 5.41) is 8.12. The molecule has 132 valence electrons. The van der Waals surface area contributed by atoms with Gasteiger partial charge in [-0.3, -0.25) is 4.79 Å². The molecule has 2 heterocycles. The van der Waals surface area contributed by atoms with Crippen LogP contribution in [0.25, 0.3) is 5.69 Å². The number of benzene rings is 2. The van der Waals surface area contributed by atoms with Crippen molar-refractivity contribution in [3.63, 3.8) is 0 Å². The zero-order valence-corrected chi connectivity index (χ0v) is 14.7.